The summed E-state index contributed by atoms with van der Waals surface area (Å²) in [5.41, 5.74) is 4.10. The number of benzene rings is 3. The smallest absolute Gasteiger partial charge is 0.231 e. The van der Waals surface area contributed by atoms with Crippen molar-refractivity contribution in [1.29, 1.82) is 0 Å². The molecule has 3 aromatic rings. The summed E-state index contributed by atoms with van der Waals surface area (Å²) in [4.78, 5) is 0. The van der Waals surface area contributed by atoms with Crippen molar-refractivity contribution in [3.8, 4) is 22.6 Å². The maximum atomic E-state index is 10.6. The normalized spacial score (nSPS) is 16.6. The Kier molecular flexibility index (Phi) is 8.74. The number of aliphatic hydroxyl groups is 1. The summed E-state index contributed by atoms with van der Waals surface area (Å²) in [6, 6.07) is 20.4. The average molecular weight is 543 g/mol. The number of hydrogen-bond acceptors (Lipinski definition) is 6. The maximum Gasteiger partial charge on any atom is 0.231 e. The van der Waals surface area contributed by atoms with Gasteiger partial charge in [0.05, 0.1) is 0 Å². The molecular weight excluding hydrogens is 509 g/mol. The van der Waals surface area contributed by atoms with E-state index >= 15 is 0 Å². The lowest BCUT2D eigenvalue weighted by atomic mass is 9.93. The van der Waals surface area contributed by atoms with Gasteiger partial charge in [0.15, 0.2) is 17.9 Å². The zero-order valence-corrected chi connectivity index (χ0v) is 22.2. The summed E-state index contributed by atoms with van der Waals surface area (Å²) >= 11 is 12.2. The first-order valence-corrected chi connectivity index (χ1v) is 13.7. The molecule has 0 bridgehead atoms. The van der Waals surface area contributed by atoms with Crippen LogP contribution in [0.2, 0.25) is 10.0 Å². The van der Waals surface area contributed by atoms with Crippen LogP contribution in [0.25, 0.3) is 11.1 Å². The summed E-state index contributed by atoms with van der Waals surface area (Å²) in [6.07, 6.45) is 5.18. The van der Waals surface area contributed by atoms with Crippen molar-refractivity contribution in [2.75, 3.05) is 25.2 Å². The first-order chi connectivity index (χ1) is 18.0. The lowest BCUT2D eigenvalue weighted by molar-refractivity contribution is 0.162. The fraction of sp³-hybridized carbons (Fsp3) is 0.379. The van der Waals surface area contributed by atoms with E-state index < -0.39 is 6.35 Å². The maximum absolute atomic E-state index is 10.6. The highest BCUT2D eigenvalue weighted by molar-refractivity contribution is 6.35. The van der Waals surface area contributed by atoms with Gasteiger partial charge in [0, 0.05) is 28.3 Å². The molecule has 0 radical (unpaired) electrons. The summed E-state index contributed by atoms with van der Waals surface area (Å²) < 4.78 is 11.0. The molecular formula is C29H33Cl2N3O3. The van der Waals surface area contributed by atoms with Gasteiger partial charge in [-0.3, -0.25) is 5.32 Å². The van der Waals surface area contributed by atoms with Crippen LogP contribution in [-0.2, 0) is 0 Å². The Morgan fingerprint density at radius 1 is 0.865 bits per heavy atom. The fourth-order valence-electron chi connectivity index (χ4n) is 5.10. The molecule has 0 aromatic heterocycles. The molecule has 1 fully saturated rings. The zero-order chi connectivity index (χ0) is 25.6. The van der Waals surface area contributed by atoms with Crippen molar-refractivity contribution in [2.45, 2.75) is 50.4 Å². The van der Waals surface area contributed by atoms with Crippen LogP contribution in [0.1, 0.15) is 43.6 Å². The number of hydrogen-bond donors (Lipinski definition) is 4. The third-order valence-electron chi connectivity index (χ3n) is 7.09. The summed E-state index contributed by atoms with van der Waals surface area (Å²) in [7, 11) is 0. The van der Waals surface area contributed by atoms with E-state index in [1.807, 2.05) is 12.1 Å². The van der Waals surface area contributed by atoms with Gasteiger partial charge in [-0.15, -0.1) is 0 Å². The Labute approximate surface area is 228 Å². The third-order valence-corrected chi connectivity index (χ3v) is 7.53. The highest BCUT2D eigenvalue weighted by atomic mass is 35.5. The molecule has 8 heteroatoms. The van der Waals surface area contributed by atoms with Crippen molar-refractivity contribution in [3.63, 3.8) is 0 Å². The largest absolute Gasteiger partial charge is 0.454 e. The van der Waals surface area contributed by atoms with Crippen LogP contribution in [0, 0.1) is 0 Å². The van der Waals surface area contributed by atoms with E-state index in [9.17, 15) is 5.11 Å². The molecule has 4 N–H and O–H groups in total. The van der Waals surface area contributed by atoms with Gasteiger partial charge in [-0.1, -0.05) is 66.4 Å². The number of fused-ring (bicyclic) bond motifs is 1. The van der Waals surface area contributed by atoms with Crippen molar-refractivity contribution >= 4 is 28.9 Å². The van der Waals surface area contributed by atoms with E-state index in [1.165, 1.54) is 31.2 Å². The highest BCUT2D eigenvalue weighted by Gasteiger charge is 2.18. The van der Waals surface area contributed by atoms with Gasteiger partial charge in [-0.05, 0) is 78.7 Å². The minimum absolute atomic E-state index is 0.221. The molecule has 1 aliphatic carbocycles. The SMILES string of the molecule is OC(NCC(CCNC1CCCC1)c1ccc(-c2ccc3c(c2)OCO3)cc1)Nc1cc(Cl)cc(Cl)c1. The Morgan fingerprint density at radius 3 is 2.32 bits per heavy atom. The van der Waals surface area contributed by atoms with Crippen LogP contribution in [0.3, 0.4) is 0 Å². The predicted molar refractivity (Wildman–Crippen MR) is 150 cm³/mol. The van der Waals surface area contributed by atoms with Crippen molar-refractivity contribution in [2.24, 2.45) is 0 Å². The lowest BCUT2D eigenvalue weighted by Crippen LogP contribution is -2.39. The predicted octanol–water partition coefficient (Wildman–Crippen LogP) is 6.37. The second kappa shape index (κ2) is 12.4. The molecule has 2 unspecified atom stereocenters. The summed E-state index contributed by atoms with van der Waals surface area (Å²) in [5, 5.41) is 21.6. The number of halogens is 2. The second-order valence-corrected chi connectivity index (χ2v) is 10.6. The minimum Gasteiger partial charge on any atom is -0.454 e. The fourth-order valence-corrected chi connectivity index (χ4v) is 5.63. The van der Waals surface area contributed by atoms with Crippen LogP contribution >= 0.6 is 23.2 Å². The molecule has 196 valence electrons. The molecule has 0 amide bonds. The molecule has 37 heavy (non-hydrogen) atoms. The summed E-state index contributed by atoms with van der Waals surface area (Å²) in [6.45, 7) is 1.82. The first-order valence-electron chi connectivity index (χ1n) is 12.9. The number of aliphatic hydroxyl groups excluding tert-OH is 1. The Bertz CT molecular complexity index is 1170. The molecule has 1 saturated carbocycles. The van der Waals surface area contributed by atoms with Crippen LogP contribution < -0.4 is 25.4 Å². The van der Waals surface area contributed by atoms with Gasteiger partial charge in [0.1, 0.15) is 0 Å². The van der Waals surface area contributed by atoms with E-state index in [4.69, 9.17) is 32.7 Å². The van der Waals surface area contributed by atoms with E-state index in [0.29, 0.717) is 28.3 Å². The van der Waals surface area contributed by atoms with E-state index in [2.05, 4.69) is 46.3 Å². The monoisotopic (exact) mass is 541 g/mol. The van der Waals surface area contributed by atoms with Crippen LogP contribution in [-0.4, -0.2) is 37.4 Å². The number of rotatable bonds is 11. The molecule has 2 atom stereocenters. The van der Waals surface area contributed by atoms with Gasteiger partial charge >= 0.3 is 0 Å². The molecule has 0 spiro atoms. The topological polar surface area (TPSA) is 74.8 Å². The van der Waals surface area contributed by atoms with Gasteiger partial charge in [-0.25, -0.2) is 0 Å². The van der Waals surface area contributed by atoms with Gasteiger partial charge < -0.3 is 25.2 Å². The van der Waals surface area contributed by atoms with Crippen molar-refractivity contribution in [1.82, 2.24) is 10.6 Å². The number of anilines is 1. The standard InChI is InChI=1S/C29H33Cl2N3O3/c30-23-14-24(31)16-26(15-23)34-29(35)33-17-22(11-12-32-25-3-1-2-4-25)20-7-5-19(6-8-20)21-9-10-27-28(13-21)37-18-36-27/h5-10,13-16,22,25,29,32-35H,1-4,11-12,17-18H2. The van der Waals surface area contributed by atoms with Crippen molar-refractivity contribution in [3.05, 3.63) is 76.3 Å². The molecule has 1 aliphatic heterocycles. The number of ether oxygens (including phenoxy) is 2. The van der Waals surface area contributed by atoms with Crippen molar-refractivity contribution < 1.29 is 14.6 Å². The quantitative estimate of drug-likeness (QED) is 0.211. The Morgan fingerprint density at radius 2 is 1.57 bits per heavy atom. The average Bonchev–Trinajstić information content (AvgIpc) is 3.57. The van der Waals surface area contributed by atoms with E-state index in [-0.39, 0.29) is 12.7 Å². The first kappa shape index (κ1) is 26.1. The van der Waals surface area contributed by atoms with Crippen LogP contribution in [0.5, 0.6) is 11.5 Å². The van der Waals surface area contributed by atoms with Gasteiger partial charge in [-0.2, -0.15) is 0 Å². The molecule has 3 aromatic carbocycles. The lowest BCUT2D eigenvalue weighted by Gasteiger charge is -2.23. The molecule has 1 heterocycles. The zero-order valence-electron chi connectivity index (χ0n) is 20.7. The second-order valence-electron chi connectivity index (χ2n) is 9.72. The highest BCUT2D eigenvalue weighted by Crippen LogP contribution is 2.36. The number of nitrogens with one attached hydrogen (secondary N) is 3. The van der Waals surface area contributed by atoms with Gasteiger partial charge in [0.25, 0.3) is 0 Å². The Balaban J connectivity index is 1.24. The van der Waals surface area contributed by atoms with E-state index in [1.54, 1.807) is 18.2 Å². The molecule has 5 rings (SSSR count). The molecule has 2 aliphatic rings. The third kappa shape index (κ3) is 7.09. The minimum atomic E-state index is -0.937. The van der Waals surface area contributed by atoms with Crippen LogP contribution in [0.15, 0.2) is 60.7 Å². The Hall–Kier alpha value is -2.48. The summed E-state index contributed by atoms with van der Waals surface area (Å²) in [5.74, 6) is 1.79. The molecule has 6 nitrogen and oxygen atoms in total. The van der Waals surface area contributed by atoms with E-state index in [0.717, 1.165) is 35.6 Å². The molecule has 0 saturated heterocycles. The van der Waals surface area contributed by atoms with Crippen LogP contribution in [0.4, 0.5) is 5.69 Å². The van der Waals surface area contributed by atoms with Gasteiger partial charge in [0.2, 0.25) is 6.79 Å².